The summed E-state index contributed by atoms with van der Waals surface area (Å²) >= 11 is 9.27. The number of esters is 1. The first kappa shape index (κ1) is 10.4. The predicted octanol–water partition coefficient (Wildman–Crippen LogP) is 2.77. The molecule has 0 radical (unpaired) electrons. The van der Waals surface area contributed by atoms with Crippen LogP contribution in [-0.4, -0.2) is 23.3 Å². The van der Waals surface area contributed by atoms with Crippen LogP contribution in [0.4, 0.5) is 0 Å². The summed E-state index contributed by atoms with van der Waals surface area (Å²) in [7, 11) is 1.31. The average Bonchev–Trinajstić information content (AvgIpc) is 2.68. The van der Waals surface area contributed by atoms with Crippen LogP contribution in [0.1, 0.15) is 10.5 Å². The van der Waals surface area contributed by atoms with Gasteiger partial charge in [-0.3, -0.25) is 5.10 Å². The lowest BCUT2D eigenvalue weighted by Crippen LogP contribution is -2.02. The van der Waals surface area contributed by atoms with Gasteiger partial charge in [-0.25, -0.2) is 4.79 Å². The summed E-state index contributed by atoms with van der Waals surface area (Å²) in [5, 5.41) is 7.69. The fourth-order valence-electron chi connectivity index (χ4n) is 1.31. The van der Waals surface area contributed by atoms with Gasteiger partial charge in [0.15, 0.2) is 5.69 Å². The number of ether oxygens (including phenoxy) is 1. The number of methoxy groups -OCH3 is 1. The molecule has 0 unspecified atom stereocenters. The second kappa shape index (κ2) is 3.83. The van der Waals surface area contributed by atoms with Crippen molar-refractivity contribution in [3.8, 4) is 0 Å². The molecule has 15 heavy (non-hydrogen) atoms. The van der Waals surface area contributed by atoms with Gasteiger partial charge in [-0.05, 0) is 12.1 Å². The normalized spacial score (nSPS) is 10.6. The number of nitrogens with one attached hydrogen (secondary N) is 1. The molecule has 1 aromatic carbocycles. The highest BCUT2D eigenvalue weighted by atomic mass is 79.9. The summed E-state index contributed by atoms with van der Waals surface area (Å²) in [6.45, 7) is 0. The predicted molar refractivity (Wildman–Crippen MR) is 60.1 cm³/mol. The summed E-state index contributed by atoms with van der Waals surface area (Å²) in [6.07, 6.45) is 0. The Balaban J connectivity index is 2.79. The quantitative estimate of drug-likeness (QED) is 0.821. The van der Waals surface area contributed by atoms with Crippen LogP contribution in [0.3, 0.4) is 0 Å². The molecule has 6 heteroatoms. The number of hydrogen-bond donors (Lipinski definition) is 1. The fourth-order valence-corrected chi connectivity index (χ4v) is 2.02. The SMILES string of the molecule is COC(=O)c1[nH]nc2c(Cl)ccc(Br)c12. The molecular formula is C9H6BrClN2O2. The minimum absolute atomic E-state index is 0.293. The fraction of sp³-hybridized carbons (Fsp3) is 0.111. The third kappa shape index (κ3) is 1.61. The molecule has 0 atom stereocenters. The molecule has 0 spiro atoms. The minimum atomic E-state index is -0.472. The monoisotopic (exact) mass is 288 g/mol. The molecule has 1 aromatic heterocycles. The van der Waals surface area contributed by atoms with E-state index in [1.54, 1.807) is 12.1 Å². The highest BCUT2D eigenvalue weighted by Crippen LogP contribution is 2.30. The maximum atomic E-state index is 11.4. The number of fused-ring (bicyclic) bond motifs is 1. The summed E-state index contributed by atoms with van der Waals surface area (Å²) in [4.78, 5) is 11.4. The Morgan fingerprint density at radius 2 is 2.33 bits per heavy atom. The lowest BCUT2D eigenvalue weighted by Gasteiger charge is -1.98. The molecule has 1 N–H and O–H groups in total. The van der Waals surface area contributed by atoms with Gasteiger partial charge in [-0.1, -0.05) is 27.5 Å². The third-order valence-corrected chi connectivity index (χ3v) is 2.96. The van der Waals surface area contributed by atoms with E-state index in [1.165, 1.54) is 7.11 Å². The number of hydrogen-bond acceptors (Lipinski definition) is 3. The highest BCUT2D eigenvalue weighted by Gasteiger charge is 2.17. The van der Waals surface area contributed by atoms with Crippen LogP contribution in [0.2, 0.25) is 5.02 Å². The lowest BCUT2D eigenvalue weighted by molar-refractivity contribution is 0.0596. The number of benzene rings is 1. The van der Waals surface area contributed by atoms with Gasteiger partial charge in [-0.2, -0.15) is 5.10 Å². The second-order valence-electron chi connectivity index (χ2n) is 2.84. The number of halogens is 2. The minimum Gasteiger partial charge on any atom is -0.464 e. The number of rotatable bonds is 1. The maximum Gasteiger partial charge on any atom is 0.356 e. The third-order valence-electron chi connectivity index (χ3n) is 2.00. The molecule has 0 bridgehead atoms. The standard InChI is InChI=1S/C9H6BrClN2O2/c1-15-9(14)8-6-4(10)2-3-5(11)7(6)12-13-8/h2-3H,1H3,(H,12,13). The zero-order valence-corrected chi connectivity index (χ0v) is 10.0. The van der Waals surface area contributed by atoms with Crippen LogP contribution in [0, 0.1) is 0 Å². The number of carbonyl (C=O) groups excluding carboxylic acids is 1. The highest BCUT2D eigenvalue weighted by molar-refractivity contribution is 9.10. The van der Waals surface area contributed by atoms with E-state index in [4.69, 9.17) is 11.6 Å². The van der Waals surface area contributed by atoms with Gasteiger partial charge >= 0.3 is 5.97 Å². The number of aromatic nitrogens is 2. The summed E-state index contributed by atoms with van der Waals surface area (Å²) < 4.78 is 5.37. The molecule has 0 aliphatic rings. The van der Waals surface area contributed by atoms with Crippen molar-refractivity contribution >= 4 is 44.4 Å². The zero-order chi connectivity index (χ0) is 11.0. The van der Waals surface area contributed by atoms with Gasteiger partial charge in [0.25, 0.3) is 0 Å². The second-order valence-corrected chi connectivity index (χ2v) is 4.10. The van der Waals surface area contributed by atoms with E-state index in [0.717, 1.165) is 4.47 Å². The van der Waals surface area contributed by atoms with Crippen LogP contribution in [0.25, 0.3) is 10.9 Å². The summed E-state index contributed by atoms with van der Waals surface area (Å²) in [6, 6.07) is 3.46. The molecule has 0 saturated carbocycles. The van der Waals surface area contributed by atoms with Crippen LogP contribution in [-0.2, 0) is 4.74 Å². The van der Waals surface area contributed by atoms with Gasteiger partial charge in [0.1, 0.15) is 5.52 Å². The van der Waals surface area contributed by atoms with Crippen molar-refractivity contribution in [2.75, 3.05) is 7.11 Å². The van der Waals surface area contributed by atoms with Crippen molar-refractivity contribution in [2.45, 2.75) is 0 Å². The van der Waals surface area contributed by atoms with E-state index in [2.05, 4.69) is 30.9 Å². The van der Waals surface area contributed by atoms with Gasteiger partial charge in [0.05, 0.1) is 17.5 Å². The lowest BCUT2D eigenvalue weighted by atomic mass is 10.2. The molecule has 0 aliphatic heterocycles. The van der Waals surface area contributed by atoms with Crippen LogP contribution in [0.5, 0.6) is 0 Å². The molecule has 0 saturated heterocycles. The molecule has 2 rings (SSSR count). The van der Waals surface area contributed by atoms with E-state index in [0.29, 0.717) is 21.6 Å². The van der Waals surface area contributed by atoms with Crippen molar-refractivity contribution in [1.29, 1.82) is 0 Å². The number of nitrogens with zero attached hydrogens (tertiary/aromatic N) is 1. The van der Waals surface area contributed by atoms with Crippen LogP contribution >= 0.6 is 27.5 Å². The topological polar surface area (TPSA) is 55.0 Å². The Hall–Kier alpha value is -1.07. The first-order chi connectivity index (χ1) is 7.15. The molecule has 0 fully saturated rings. The zero-order valence-electron chi connectivity index (χ0n) is 7.67. The van der Waals surface area contributed by atoms with E-state index in [-0.39, 0.29) is 0 Å². The smallest absolute Gasteiger partial charge is 0.356 e. The number of aromatic amines is 1. The molecule has 2 aromatic rings. The van der Waals surface area contributed by atoms with Gasteiger partial charge in [0, 0.05) is 4.47 Å². The molecule has 0 aliphatic carbocycles. The van der Waals surface area contributed by atoms with Gasteiger partial charge in [-0.15, -0.1) is 0 Å². The Bertz CT molecular complexity index is 538. The first-order valence-electron chi connectivity index (χ1n) is 4.05. The average molecular weight is 290 g/mol. The van der Waals surface area contributed by atoms with E-state index >= 15 is 0 Å². The summed E-state index contributed by atoms with van der Waals surface area (Å²) in [5.74, 6) is -0.472. The van der Waals surface area contributed by atoms with Gasteiger partial charge in [0.2, 0.25) is 0 Å². The largest absolute Gasteiger partial charge is 0.464 e. The molecule has 4 nitrogen and oxygen atoms in total. The Labute approximate surface area is 98.7 Å². The van der Waals surface area contributed by atoms with Crippen LogP contribution < -0.4 is 0 Å². The van der Waals surface area contributed by atoms with E-state index in [1.807, 2.05) is 0 Å². The van der Waals surface area contributed by atoms with E-state index < -0.39 is 5.97 Å². The summed E-state index contributed by atoms with van der Waals surface area (Å²) in [5.41, 5.74) is 0.841. The van der Waals surface area contributed by atoms with Crippen molar-refractivity contribution in [1.82, 2.24) is 10.2 Å². The Morgan fingerprint density at radius 1 is 1.60 bits per heavy atom. The van der Waals surface area contributed by atoms with Gasteiger partial charge < -0.3 is 4.74 Å². The Morgan fingerprint density at radius 3 is 3.00 bits per heavy atom. The molecular weight excluding hydrogens is 283 g/mol. The van der Waals surface area contributed by atoms with Crippen molar-refractivity contribution in [2.24, 2.45) is 0 Å². The van der Waals surface area contributed by atoms with Crippen molar-refractivity contribution in [3.05, 3.63) is 27.3 Å². The molecule has 0 amide bonds. The Kier molecular flexibility index (Phi) is 2.67. The number of H-pyrrole nitrogens is 1. The first-order valence-corrected chi connectivity index (χ1v) is 5.22. The van der Waals surface area contributed by atoms with Crippen molar-refractivity contribution in [3.63, 3.8) is 0 Å². The van der Waals surface area contributed by atoms with E-state index in [9.17, 15) is 4.79 Å². The molecule has 1 heterocycles. The molecule has 78 valence electrons. The van der Waals surface area contributed by atoms with Crippen molar-refractivity contribution < 1.29 is 9.53 Å². The maximum absolute atomic E-state index is 11.4. The van der Waals surface area contributed by atoms with Crippen LogP contribution in [0.15, 0.2) is 16.6 Å². The number of carbonyl (C=O) groups is 1.